The molecule has 4 aromatic heterocycles. The molecular weight excluding hydrogens is 992 g/mol. The predicted molar refractivity (Wildman–Crippen MR) is 270 cm³/mol. The van der Waals surface area contributed by atoms with Crippen molar-refractivity contribution in [3.8, 4) is 17.3 Å². The molecule has 5 heterocycles. The van der Waals surface area contributed by atoms with E-state index >= 15 is 0 Å². The molecule has 0 aliphatic carbocycles. The molecule has 7 aromatic carbocycles. The standard InChI is InChI=1S/C58H49N6O.Pt/c1-57(2,3)36-24-27-49-44(30-36)43-26-25-40(33-52(43)64(49)53-31-37(28-29-59-53)58(4,5)6)65-39-17-15-16-38(32-39)62-35-63(51-23-14-13-22-50(51)62)56-54-45(41-18-9-11-20-47(41)60(54)7)34-46-42-19-10-12-21-48(42)61(8)55(46)56;/h9-31,34-35H,1-8H3;/q-3;. The van der Waals surface area contributed by atoms with Gasteiger partial charge in [-0.15, -0.1) is 48.1 Å². The Labute approximate surface area is 399 Å². The molecular formula is C58H49N6OPt-3. The molecule has 0 saturated carbocycles. The summed E-state index contributed by atoms with van der Waals surface area (Å²) >= 11 is 0. The topological polar surface area (TPSA) is 43.4 Å². The summed E-state index contributed by atoms with van der Waals surface area (Å²) in [7, 11) is 4.38. The first kappa shape index (κ1) is 41.9. The first-order valence-electron chi connectivity index (χ1n) is 22.4. The monoisotopic (exact) mass is 1040 g/mol. The Morgan fingerprint density at radius 2 is 1.12 bits per heavy atom. The summed E-state index contributed by atoms with van der Waals surface area (Å²) in [5.74, 6) is 2.06. The summed E-state index contributed by atoms with van der Waals surface area (Å²) in [6.45, 7) is 15.7. The third-order valence-electron chi connectivity index (χ3n) is 13.5. The number of benzene rings is 7. The molecule has 0 bridgehead atoms. The molecule has 1 aliphatic heterocycles. The van der Waals surface area contributed by atoms with Gasteiger partial charge in [-0.05, 0) is 75.9 Å². The van der Waals surface area contributed by atoms with Crippen molar-refractivity contribution in [3.05, 3.63) is 176 Å². The molecule has 66 heavy (non-hydrogen) atoms. The zero-order valence-corrected chi connectivity index (χ0v) is 40.6. The van der Waals surface area contributed by atoms with Gasteiger partial charge in [0.15, 0.2) is 0 Å². The summed E-state index contributed by atoms with van der Waals surface area (Å²) in [4.78, 5) is 9.52. The van der Waals surface area contributed by atoms with Gasteiger partial charge in [0.05, 0.1) is 16.7 Å². The normalized spacial score (nSPS) is 13.2. The van der Waals surface area contributed by atoms with Gasteiger partial charge in [-0.25, -0.2) is 4.98 Å². The molecule has 11 aromatic rings. The molecule has 0 spiro atoms. The fourth-order valence-electron chi connectivity index (χ4n) is 10.1. The van der Waals surface area contributed by atoms with Gasteiger partial charge in [0.25, 0.3) is 0 Å². The van der Waals surface area contributed by atoms with Crippen molar-refractivity contribution in [1.82, 2.24) is 18.7 Å². The van der Waals surface area contributed by atoms with Crippen molar-refractivity contribution in [2.24, 2.45) is 14.1 Å². The number of pyridine rings is 1. The minimum absolute atomic E-state index is 0. The third-order valence-corrected chi connectivity index (χ3v) is 13.5. The van der Waals surface area contributed by atoms with Crippen LogP contribution in [0.1, 0.15) is 52.7 Å². The average Bonchev–Trinajstić information content (AvgIpc) is 4.02. The van der Waals surface area contributed by atoms with E-state index in [-0.39, 0.29) is 31.9 Å². The van der Waals surface area contributed by atoms with Crippen molar-refractivity contribution >= 4 is 88.2 Å². The van der Waals surface area contributed by atoms with Crippen LogP contribution in [-0.2, 0) is 46.0 Å². The number of hydrogen-bond donors (Lipinski definition) is 0. The van der Waals surface area contributed by atoms with E-state index in [2.05, 4.69) is 219 Å². The Hall–Kier alpha value is -6.82. The van der Waals surface area contributed by atoms with Crippen LogP contribution in [0.2, 0.25) is 0 Å². The number of fused-ring (bicyclic) bond motifs is 10. The molecule has 0 saturated heterocycles. The van der Waals surface area contributed by atoms with Gasteiger partial charge in [0.2, 0.25) is 0 Å². The van der Waals surface area contributed by atoms with Crippen LogP contribution >= 0.6 is 0 Å². The smallest absolute Gasteiger partial charge is 0.135 e. The van der Waals surface area contributed by atoms with E-state index in [1.54, 1.807) is 0 Å². The molecule has 0 atom stereocenters. The Kier molecular flexibility index (Phi) is 9.59. The second-order valence-electron chi connectivity index (χ2n) is 19.6. The Balaban J connectivity index is 0.00000481. The predicted octanol–water partition coefficient (Wildman–Crippen LogP) is 14.9. The quantitative estimate of drug-likeness (QED) is 0.161. The van der Waals surface area contributed by atoms with Crippen molar-refractivity contribution in [2.45, 2.75) is 52.4 Å². The summed E-state index contributed by atoms with van der Waals surface area (Å²) < 4.78 is 13.7. The average molecular weight is 1040 g/mol. The zero-order chi connectivity index (χ0) is 44.5. The first-order chi connectivity index (χ1) is 31.3. The molecule has 0 amide bonds. The zero-order valence-electron chi connectivity index (χ0n) is 38.3. The van der Waals surface area contributed by atoms with Gasteiger partial charge < -0.3 is 28.2 Å². The van der Waals surface area contributed by atoms with Crippen LogP contribution in [0.4, 0.5) is 22.7 Å². The van der Waals surface area contributed by atoms with E-state index in [0.717, 1.165) is 45.0 Å². The Morgan fingerprint density at radius 3 is 1.79 bits per heavy atom. The second kappa shape index (κ2) is 15.1. The van der Waals surface area contributed by atoms with Crippen LogP contribution in [-0.4, -0.2) is 18.7 Å². The summed E-state index contributed by atoms with van der Waals surface area (Å²) in [6.07, 6.45) is 1.92. The van der Waals surface area contributed by atoms with Gasteiger partial charge in [-0.3, -0.25) is 0 Å². The van der Waals surface area contributed by atoms with Crippen molar-refractivity contribution in [1.29, 1.82) is 0 Å². The van der Waals surface area contributed by atoms with E-state index in [0.29, 0.717) is 11.5 Å². The molecule has 0 unspecified atom stereocenters. The molecule has 0 N–H and O–H groups in total. The van der Waals surface area contributed by atoms with Crippen molar-refractivity contribution in [3.63, 3.8) is 0 Å². The van der Waals surface area contributed by atoms with E-state index in [1.165, 1.54) is 60.1 Å². The van der Waals surface area contributed by atoms with Crippen LogP contribution in [0.5, 0.6) is 11.5 Å². The van der Waals surface area contributed by atoms with Crippen molar-refractivity contribution < 1.29 is 25.8 Å². The van der Waals surface area contributed by atoms with Crippen LogP contribution in [0.15, 0.2) is 146 Å². The van der Waals surface area contributed by atoms with Crippen LogP contribution in [0, 0.1) is 18.8 Å². The molecule has 0 radical (unpaired) electrons. The first-order valence-corrected chi connectivity index (χ1v) is 22.4. The van der Waals surface area contributed by atoms with Crippen LogP contribution < -0.4 is 14.5 Å². The third kappa shape index (κ3) is 6.38. The van der Waals surface area contributed by atoms with E-state index in [9.17, 15) is 0 Å². The van der Waals surface area contributed by atoms with Crippen LogP contribution in [0.25, 0.3) is 71.2 Å². The SMILES string of the molecule is Cn1c2ccccc2c2cc3c4ccccc4n(C)c3c(N3[CH-]N(c4[c-]c(Oc5[c-]c6c(cc5)c5cc(C(C)(C)C)ccc5n6-c5cc(C(C)(C)C)ccn5)ccc4)c4ccccc43)c21.[Pt]. The minimum atomic E-state index is -0.0371. The summed E-state index contributed by atoms with van der Waals surface area (Å²) in [6, 6.07) is 57.2. The van der Waals surface area contributed by atoms with E-state index in [4.69, 9.17) is 9.72 Å². The maximum absolute atomic E-state index is 6.74. The number of rotatable bonds is 5. The van der Waals surface area contributed by atoms with Gasteiger partial charge in [0.1, 0.15) is 5.82 Å². The fourth-order valence-corrected chi connectivity index (χ4v) is 10.1. The largest absolute Gasteiger partial charge is 0.509 e. The molecule has 0 fully saturated rings. The Bertz CT molecular complexity index is 3650. The van der Waals surface area contributed by atoms with E-state index in [1.807, 2.05) is 24.4 Å². The number of ether oxygens (including phenoxy) is 1. The summed E-state index contributed by atoms with van der Waals surface area (Å²) in [5, 5.41) is 7.20. The minimum Gasteiger partial charge on any atom is -0.509 e. The number of anilines is 4. The molecule has 330 valence electrons. The Morgan fingerprint density at radius 1 is 0.515 bits per heavy atom. The fraction of sp³-hybridized carbons (Fsp3) is 0.172. The number of nitrogens with zero attached hydrogens (tertiary/aromatic N) is 6. The van der Waals surface area contributed by atoms with Crippen molar-refractivity contribution in [2.75, 3.05) is 9.80 Å². The van der Waals surface area contributed by atoms with E-state index < -0.39 is 0 Å². The number of aryl methyl sites for hydroxylation is 2. The number of para-hydroxylation sites is 4. The van der Waals surface area contributed by atoms with Gasteiger partial charge in [-0.2, -0.15) is 12.1 Å². The number of aromatic nitrogens is 4. The van der Waals surface area contributed by atoms with Crippen LogP contribution in [0.3, 0.4) is 0 Å². The van der Waals surface area contributed by atoms with Gasteiger partial charge in [0, 0.05) is 102 Å². The van der Waals surface area contributed by atoms with Gasteiger partial charge in [-0.1, -0.05) is 108 Å². The molecule has 1 aliphatic rings. The molecule has 12 rings (SSSR count). The molecule has 7 nitrogen and oxygen atoms in total. The van der Waals surface area contributed by atoms with Gasteiger partial charge >= 0.3 is 0 Å². The second-order valence-corrected chi connectivity index (χ2v) is 19.6. The maximum Gasteiger partial charge on any atom is 0.135 e. The number of hydrogen-bond acceptors (Lipinski definition) is 4. The summed E-state index contributed by atoms with van der Waals surface area (Å²) in [5.41, 5.74) is 13.3. The molecule has 8 heteroatoms. The maximum atomic E-state index is 6.74.